The summed E-state index contributed by atoms with van der Waals surface area (Å²) in [6, 6.07) is 8.55. The van der Waals surface area contributed by atoms with Gasteiger partial charge in [0.05, 0.1) is 43.8 Å². The highest BCUT2D eigenvalue weighted by Crippen LogP contribution is 2.23. The molecule has 0 saturated carbocycles. The van der Waals surface area contributed by atoms with Crippen molar-refractivity contribution in [1.29, 1.82) is 0 Å². The zero-order valence-electron chi connectivity index (χ0n) is 15.5. The fourth-order valence-corrected chi connectivity index (χ4v) is 3.49. The summed E-state index contributed by atoms with van der Waals surface area (Å²) in [7, 11) is 0. The van der Waals surface area contributed by atoms with Gasteiger partial charge in [-0.2, -0.15) is 5.10 Å². The number of anilines is 1. The van der Waals surface area contributed by atoms with Crippen LogP contribution in [0.15, 0.2) is 53.7 Å². The molecule has 10 heteroatoms. The number of furan rings is 1. The predicted molar refractivity (Wildman–Crippen MR) is 105 cm³/mol. The van der Waals surface area contributed by atoms with E-state index in [0.29, 0.717) is 54.9 Å². The maximum atomic E-state index is 12.6. The lowest BCUT2D eigenvalue weighted by Gasteiger charge is -2.31. The molecule has 1 aliphatic heterocycles. The van der Waals surface area contributed by atoms with Gasteiger partial charge in [-0.15, -0.1) is 0 Å². The van der Waals surface area contributed by atoms with Crippen molar-refractivity contribution in [2.75, 3.05) is 38.0 Å². The Hall–Kier alpha value is -3.17. The minimum atomic E-state index is -0.130. The topological polar surface area (TPSA) is 97.7 Å². The number of quaternary nitrogens is 1. The fourth-order valence-electron chi connectivity index (χ4n) is 3.32. The number of carbonyl (C=O) groups is 2. The molecular weight excluding hydrogens is 396 g/mol. The second-order valence-electron chi connectivity index (χ2n) is 6.75. The Morgan fingerprint density at radius 1 is 1.24 bits per heavy atom. The molecule has 0 spiro atoms. The molecule has 0 aliphatic carbocycles. The lowest BCUT2D eigenvalue weighted by Crippen LogP contribution is -3.15. The number of aromatic nitrogens is 3. The zero-order valence-corrected chi connectivity index (χ0v) is 16.3. The molecule has 0 radical (unpaired) electrons. The molecule has 3 heterocycles. The third kappa shape index (κ3) is 4.47. The fraction of sp³-hybridized carbons (Fsp3) is 0.263. The first kappa shape index (κ1) is 19.2. The van der Waals surface area contributed by atoms with Crippen LogP contribution in [0.5, 0.6) is 0 Å². The molecule has 0 bridgehead atoms. The van der Waals surface area contributed by atoms with E-state index in [2.05, 4.69) is 15.4 Å². The summed E-state index contributed by atoms with van der Waals surface area (Å²) in [5.41, 5.74) is 1.25. The van der Waals surface area contributed by atoms with Crippen molar-refractivity contribution in [3.8, 4) is 5.69 Å². The molecule has 2 aromatic heterocycles. The average molecular weight is 416 g/mol. The molecule has 1 saturated heterocycles. The zero-order chi connectivity index (χ0) is 20.2. The number of nitrogens with one attached hydrogen (secondary N) is 2. The van der Waals surface area contributed by atoms with E-state index in [1.165, 1.54) is 12.6 Å². The first-order valence-electron chi connectivity index (χ1n) is 9.21. The van der Waals surface area contributed by atoms with E-state index >= 15 is 0 Å². The Balaban J connectivity index is 1.34. The van der Waals surface area contributed by atoms with Gasteiger partial charge in [-0.3, -0.25) is 9.59 Å². The van der Waals surface area contributed by atoms with Gasteiger partial charge < -0.3 is 19.5 Å². The molecule has 150 valence electrons. The second-order valence-corrected chi connectivity index (χ2v) is 7.18. The van der Waals surface area contributed by atoms with Crippen LogP contribution >= 0.6 is 11.6 Å². The maximum absolute atomic E-state index is 12.6. The lowest BCUT2D eigenvalue weighted by atomic mass is 10.2. The highest BCUT2D eigenvalue weighted by Gasteiger charge is 2.27. The summed E-state index contributed by atoms with van der Waals surface area (Å²) in [4.78, 5) is 31.7. The van der Waals surface area contributed by atoms with Crippen LogP contribution in [-0.2, 0) is 4.79 Å². The number of rotatable bonds is 5. The van der Waals surface area contributed by atoms with Crippen LogP contribution in [-0.4, -0.2) is 64.2 Å². The third-order valence-corrected chi connectivity index (χ3v) is 5.03. The Morgan fingerprint density at radius 3 is 2.76 bits per heavy atom. The van der Waals surface area contributed by atoms with Crippen molar-refractivity contribution in [1.82, 2.24) is 19.7 Å². The van der Waals surface area contributed by atoms with E-state index in [-0.39, 0.29) is 11.8 Å². The third-order valence-electron chi connectivity index (χ3n) is 4.80. The predicted octanol–water partition coefficient (Wildman–Crippen LogP) is 0.493. The summed E-state index contributed by atoms with van der Waals surface area (Å²) in [6.45, 7) is 2.82. The highest BCUT2D eigenvalue weighted by atomic mass is 35.5. The number of benzene rings is 1. The van der Waals surface area contributed by atoms with Crippen LogP contribution in [0.25, 0.3) is 5.69 Å². The standard InChI is InChI=1S/C19H19ClN6O3/c20-14-3-4-16(26-13-21-12-22-26)15(10-14)23-18(27)11-24-5-7-25(8-6-24)19(28)17-2-1-9-29-17/h1-4,9-10,12-13H,5-8,11H2,(H,23,27)/p+1. The molecule has 1 aliphatic rings. The monoisotopic (exact) mass is 415 g/mol. The Morgan fingerprint density at radius 2 is 2.07 bits per heavy atom. The Kier molecular flexibility index (Phi) is 5.59. The van der Waals surface area contributed by atoms with Gasteiger partial charge in [0.15, 0.2) is 12.3 Å². The smallest absolute Gasteiger partial charge is 0.289 e. The van der Waals surface area contributed by atoms with E-state index in [1.807, 2.05) is 0 Å². The summed E-state index contributed by atoms with van der Waals surface area (Å²) < 4.78 is 6.74. The normalized spacial score (nSPS) is 14.7. The van der Waals surface area contributed by atoms with Crippen molar-refractivity contribution in [3.05, 3.63) is 60.0 Å². The average Bonchev–Trinajstić information content (AvgIpc) is 3.42. The van der Waals surface area contributed by atoms with Gasteiger partial charge in [0.1, 0.15) is 12.7 Å². The lowest BCUT2D eigenvalue weighted by molar-refractivity contribution is -0.895. The number of hydrogen-bond acceptors (Lipinski definition) is 5. The Bertz CT molecular complexity index is 982. The van der Waals surface area contributed by atoms with Crippen LogP contribution in [0, 0.1) is 0 Å². The van der Waals surface area contributed by atoms with Crippen molar-refractivity contribution in [3.63, 3.8) is 0 Å². The summed E-state index contributed by atoms with van der Waals surface area (Å²) in [5.74, 6) is 0.0946. The van der Waals surface area contributed by atoms with Crippen LogP contribution in [0.4, 0.5) is 5.69 Å². The number of hydrogen-bond donors (Lipinski definition) is 2. The van der Waals surface area contributed by atoms with E-state index < -0.39 is 0 Å². The number of carbonyl (C=O) groups excluding carboxylic acids is 2. The van der Waals surface area contributed by atoms with E-state index in [4.69, 9.17) is 16.0 Å². The van der Waals surface area contributed by atoms with Gasteiger partial charge in [-0.05, 0) is 30.3 Å². The number of nitrogens with zero attached hydrogens (tertiary/aromatic N) is 4. The van der Waals surface area contributed by atoms with Gasteiger partial charge in [0.2, 0.25) is 0 Å². The molecule has 0 atom stereocenters. The molecular formula is C19H20ClN6O3+. The minimum Gasteiger partial charge on any atom is -0.459 e. The molecule has 2 N–H and O–H groups in total. The van der Waals surface area contributed by atoms with E-state index in [0.717, 1.165) is 4.90 Å². The molecule has 0 unspecified atom stereocenters. The SMILES string of the molecule is O=C(C[NH+]1CCN(C(=O)c2ccco2)CC1)Nc1cc(Cl)ccc1-n1cncn1. The van der Waals surface area contributed by atoms with Crippen molar-refractivity contribution >= 4 is 29.1 Å². The van der Waals surface area contributed by atoms with Gasteiger partial charge in [0.25, 0.3) is 11.8 Å². The summed E-state index contributed by atoms with van der Waals surface area (Å²) >= 11 is 6.09. The van der Waals surface area contributed by atoms with Gasteiger partial charge in [0, 0.05) is 5.02 Å². The van der Waals surface area contributed by atoms with E-state index in [9.17, 15) is 9.59 Å². The van der Waals surface area contributed by atoms with Crippen molar-refractivity contribution < 1.29 is 18.9 Å². The van der Waals surface area contributed by atoms with Crippen LogP contribution < -0.4 is 10.2 Å². The van der Waals surface area contributed by atoms with Crippen LogP contribution in [0.1, 0.15) is 10.6 Å². The molecule has 2 amide bonds. The number of piperazine rings is 1. The quantitative estimate of drug-likeness (QED) is 0.632. The molecule has 4 rings (SSSR count). The second kappa shape index (κ2) is 8.46. The molecule has 3 aromatic rings. The maximum Gasteiger partial charge on any atom is 0.289 e. The number of halogens is 1. The molecule has 1 fully saturated rings. The van der Waals surface area contributed by atoms with Crippen molar-refractivity contribution in [2.24, 2.45) is 0 Å². The summed E-state index contributed by atoms with van der Waals surface area (Å²) in [6.07, 6.45) is 4.47. The first-order valence-corrected chi connectivity index (χ1v) is 9.59. The minimum absolute atomic E-state index is 0.116. The summed E-state index contributed by atoms with van der Waals surface area (Å²) in [5, 5.41) is 7.54. The first-order chi connectivity index (χ1) is 14.1. The van der Waals surface area contributed by atoms with Gasteiger partial charge in [-0.1, -0.05) is 11.6 Å². The van der Waals surface area contributed by atoms with Crippen LogP contribution in [0.2, 0.25) is 5.02 Å². The molecule has 29 heavy (non-hydrogen) atoms. The number of amides is 2. The Labute approximate surface area is 171 Å². The van der Waals surface area contributed by atoms with Crippen molar-refractivity contribution in [2.45, 2.75) is 0 Å². The molecule has 1 aromatic carbocycles. The highest BCUT2D eigenvalue weighted by molar-refractivity contribution is 6.31. The van der Waals surface area contributed by atoms with Gasteiger partial charge >= 0.3 is 0 Å². The largest absolute Gasteiger partial charge is 0.459 e. The molecule has 9 nitrogen and oxygen atoms in total. The van der Waals surface area contributed by atoms with E-state index in [1.54, 1.807) is 46.2 Å². The van der Waals surface area contributed by atoms with Crippen LogP contribution in [0.3, 0.4) is 0 Å². The van der Waals surface area contributed by atoms with Gasteiger partial charge in [-0.25, -0.2) is 9.67 Å².